The lowest BCUT2D eigenvalue weighted by atomic mass is 10.1. The van der Waals surface area contributed by atoms with Crippen LogP contribution < -0.4 is 21.1 Å². The van der Waals surface area contributed by atoms with E-state index in [1.807, 2.05) is 0 Å². The lowest BCUT2D eigenvalue weighted by Gasteiger charge is -2.10. The fourth-order valence-electron chi connectivity index (χ4n) is 2.48. The number of anilines is 3. The normalized spacial score (nSPS) is 13.0. The molecule has 2 heterocycles. The van der Waals surface area contributed by atoms with E-state index in [1.165, 1.54) is 18.5 Å². The lowest BCUT2D eigenvalue weighted by Crippen LogP contribution is -2.17. The third-order valence-electron chi connectivity index (χ3n) is 4.10. The van der Waals surface area contributed by atoms with E-state index >= 15 is 0 Å². The second-order valence-electron chi connectivity index (χ2n) is 6.48. The molecule has 2 aromatic heterocycles. The molecule has 0 unspecified atom stereocenters. The van der Waals surface area contributed by atoms with E-state index in [4.69, 9.17) is 10.5 Å². The smallest absolute Gasteiger partial charge is 0.267 e. The highest BCUT2D eigenvalue weighted by Crippen LogP contribution is 2.27. The summed E-state index contributed by atoms with van der Waals surface area (Å²) in [5.41, 5.74) is 4.65. The molecule has 2 amide bonds. The summed E-state index contributed by atoms with van der Waals surface area (Å²) >= 11 is 0.905. The second-order valence-corrected chi connectivity index (χ2v) is 7.54. The standard InChI is InChI=1S/C19H15F2N5O3S/c20-12-6-13(21)14(25-18(28)15-8-24-19(22)30-15)5-11(12)17(27)26-16-4-3-10(7-23-16)29-9-1-2-9/h3-9H,1-2H2,(H2,22,24)(H,25,28)(H,23,26,27). The average Bonchev–Trinajstić information content (AvgIpc) is 3.42. The molecule has 1 saturated carbocycles. The van der Waals surface area contributed by atoms with Crippen LogP contribution in [0.4, 0.5) is 25.4 Å². The Labute approximate surface area is 173 Å². The molecule has 1 aliphatic rings. The maximum Gasteiger partial charge on any atom is 0.267 e. The molecule has 0 radical (unpaired) electrons. The third kappa shape index (κ3) is 4.51. The first-order chi connectivity index (χ1) is 14.4. The summed E-state index contributed by atoms with van der Waals surface area (Å²) in [6.45, 7) is 0. The maximum absolute atomic E-state index is 14.2. The van der Waals surface area contributed by atoms with Gasteiger partial charge < -0.3 is 21.1 Å². The SMILES string of the molecule is Nc1ncc(C(=O)Nc2cc(C(=O)Nc3ccc(OC4CC4)cn3)c(F)cc2F)s1. The highest BCUT2D eigenvalue weighted by molar-refractivity contribution is 7.17. The maximum atomic E-state index is 14.2. The van der Waals surface area contributed by atoms with Gasteiger partial charge in [0, 0.05) is 6.07 Å². The zero-order valence-corrected chi connectivity index (χ0v) is 16.1. The summed E-state index contributed by atoms with van der Waals surface area (Å²) in [7, 11) is 0. The Morgan fingerprint density at radius 2 is 1.87 bits per heavy atom. The van der Waals surface area contributed by atoms with Crippen LogP contribution in [0.5, 0.6) is 5.75 Å². The van der Waals surface area contributed by atoms with Crippen molar-refractivity contribution in [3.05, 3.63) is 58.7 Å². The Balaban J connectivity index is 1.49. The van der Waals surface area contributed by atoms with Crippen molar-refractivity contribution >= 4 is 39.8 Å². The minimum atomic E-state index is -1.08. The molecule has 8 nitrogen and oxygen atoms in total. The highest BCUT2D eigenvalue weighted by Gasteiger charge is 2.23. The number of nitrogens with one attached hydrogen (secondary N) is 2. The number of nitrogen functional groups attached to an aromatic ring is 1. The number of carbonyl (C=O) groups is 2. The van der Waals surface area contributed by atoms with Crippen LogP contribution >= 0.6 is 11.3 Å². The summed E-state index contributed by atoms with van der Waals surface area (Å²) in [5.74, 6) is -2.93. The second kappa shape index (κ2) is 8.03. The summed E-state index contributed by atoms with van der Waals surface area (Å²) in [6.07, 6.45) is 4.87. The van der Waals surface area contributed by atoms with Crippen molar-refractivity contribution in [1.82, 2.24) is 9.97 Å². The van der Waals surface area contributed by atoms with Crippen LogP contribution in [0.25, 0.3) is 0 Å². The van der Waals surface area contributed by atoms with Crippen LogP contribution in [0.3, 0.4) is 0 Å². The summed E-state index contributed by atoms with van der Waals surface area (Å²) < 4.78 is 33.9. The Morgan fingerprint density at radius 1 is 1.07 bits per heavy atom. The molecule has 1 aromatic carbocycles. The van der Waals surface area contributed by atoms with Gasteiger partial charge in [0.05, 0.1) is 29.7 Å². The van der Waals surface area contributed by atoms with Gasteiger partial charge in [-0.15, -0.1) is 0 Å². The van der Waals surface area contributed by atoms with Crippen molar-refractivity contribution in [2.45, 2.75) is 18.9 Å². The molecule has 30 heavy (non-hydrogen) atoms. The third-order valence-corrected chi connectivity index (χ3v) is 4.93. The van der Waals surface area contributed by atoms with Gasteiger partial charge in [0.1, 0.15) is 28.1 Å². The molecule has 1 aliphatic carbocycles. The van der Waals surface area contributed by atoms with E-state index in [0.29, 0.717) is 11.8 Å². The summed E-state index contributed by atoms with van der Waals surface area (Å²) in [4.78, 5) is 32.5. The average molecular weight is 431 g/mol. The number of amides is 2. The summed E-state index contributed by atoms with van der Waals surface area (Å²) in [6, 6.07) is 4.57. The number of ether oxygens (including phenoxy) is 1. The molecule has 4 rings (SSSR count). The lowest BCUT2D eigenvalue weighted by molar-refractivity contribution is 0.101. The van der Waals surface area contributed by atoms with Crippen molar-refractivity contribution in [1.29, 1.82) is 0 Å². The van der Waals surface area contributed by atoms with Gasteiger partial charge in [-0.25, -0.2) is 18.7 Å². The Hall–Kier alpha value is -3.60. The zero-order chi connectivity index (χ0) is 21.3. The minimum absolute atomic E-state index is 0.139. The topological polar surface area (TPSA) is 119 Å². The monoisotopic (exact) mass is 431 g/mol. The van der Waals surface area contributed by atoms with E-state index in [1.54, 1.807) is 6.07 Å². The number of pyridine rings is 1. The van der Waals surface area contributed by atoms with Gasteiger partial charge >= 0.3 is 0 Å². The Morgan fingerprint density at radius 3 is 2.50 bits per heavy atom. The fourth-order valence-corrected chi connectivity index (χ4v) is 3.06. The van der Waals surface area contributed by atoms with Crippen LogP contribution in [0.2, 0.25) is 0 Å². The number of halogens is 2. The molecular weight excluding hydrogens is 416 g/mol. The van der Waals surface area contributed by atoms with E-state index in [9.17, 15) is 18.4 Å². The highest BCUT2D eigenvalue weighted by atomic mass is 32.1. The number of hydrogen-bond donors (Lipinski definition) is 3. The molecule has 0 bridgehead atoms. The van der Waals surface area contributed by atoms with E-state index in [0.717, 1.165) is 30.2 Å². The van der Waals surface area contributed by atoms with Gasteiger partial charge in [0.25, 0.3) is 11.8 Å². The number of aromatic nitrogens is 2. The molecule has 11 heteroatoms. The van der Waals surface area contributed by atoms with Gasteiger partial charge in [-0.3, -0.25) is 9.59 Å². The number of hydrogen-bond acceptors (Lipinski definition) is 7. The Kier molecular flexibility index (Phi) is 5.27. The molecule has 0 spiro atoms. The van der Waals surface area contributed by atoms with Crippen molar-refractivity contribution < 1.29 is 23.1 Å². The fraction of sp³-hybridized carbons (Fsp3) is 0.158. The van der Waals surface area contributed by atoms with Crippen LogP contribution in [0.1, 0.15) is 32.9 Å². The van der Waals surface area contributed by atoms with E-state index < -0.39 is 29.0 Å². The largest absolute Gasteiger partial charge is 0.489 e. The van der Waals surface area contributed by atoms with Crippen molar-refractivity contribution in [2.24, 2.45) is 0 Å². The van der Waals surface area contributed by atoms with Gasteiger partial charge in [-0.2, -0.15) is 0 Å². The van der Waals surface area contributed by atoms with E-state index in [2.05, 4.69) is 20.6 Å². The Bertz CT molecular complexity index is 1120. The molecular formula is C19H15F2N5O3S. The first-order valence-corrected chi connectivity index (χ1v) is 9.66. The first kappa shape index (κ1) is 19.7. The van der Waals surface area contributed by atoms with Crippen LogP contribution in [0.15, 0.2) is 36.7 Å². The quantitative estimate of drug-likeness (QED) is 0.550. The molecule has 4 N–H and O–H groups in total. The minimum Gasteiger partial charge on any atom is -0.489 e. The van der Waals surface area contributed by atoms with Gasteiger partial charge in [0.15, 0.2) is 5.13 Å². The molecule has 0 atom stereocenters. The number of carbonyl (C=O) groups excluding carboxylic acids is 2. The van der Waals surface area contributed by atoms with Crippen molar-refractivity contribution in [3.63, 3.8) is 0 Å². The van der Waals surface area contributed by atoms with Crippen LogP contribution in [0, 0.1) is 11.6 Å². The van der Waals surface area contributed by atoms with E-state index in [-0.39, 0.29) is 27.6 Å². The molecule has 3 aromatic rings. The van der Waals surface area contributed by atoms with Gasteiger partial charge in [-0.05, 0) is 31.0 Å². The number of nitrogens with two attached hydrogens (primary N) is 1. The molecule has 1 fully saturated rings. The van der Waals surface area contributed by atoms with Crippen molar-refractivity contribution in [2.75, 3.05) is 16.4 Å². The zero-order valence-electron chi connectivity index (χ0n) is 15.3. The number of nitrogens with zero attached hydrogens (tertiary/aromatic N) is 2. The van der Waals surface area contributed by atoms with Crippen LogP contribution in [-0.4, -0.2) is 27.9 Å². The first-order valence-electron chi connectivity index (χ1n) is 8.85. The van der Waals surface area contributed by atoms with Gasteiger partial charge in [0.2, 0.25) is 0 Å². The summed E-state index contributed by atoms with van der Waals surface area (Å²) in [5, 5.41) is 4.87. The number of thiazole rings is 1. The van der Waals surface area contributed by atoms with Crippen molar-refractivity contribution in [3.8, 4) is 5.75 Å². The van der Waals surface area contributed by atoms with Gasteiger partial charge in [-0.1, -0.05) is 11.3 Å². The predicted molar refractivity (Wildman–Crippen MR) is 107 cm³/mol. The molecule has 154 valence electrons. The predicted octanol–water partition coefficient (Wildman–Crippen LogP) is 3.44. The molecule has 0 aliphatic heterocycles. The number of rotatable bonds is 6. The molecule has 0 saturated heterocycles. The number of benzene rings is 1. The van der Waals surface area contributed by atoms with Crippen LogP contribution in [-0.2, 0) is 0 Å².